The molecule has 0 saturated carbocycles. The van der Waals surface area contributed by atoms with Crippen LogP contribution >= 0.6 is 0 Å². The van der Waals surface area contributed by atoms with Gasteiger partial charge in [-0.1, -0.05) is 126 Å². The lowest BCUT2D eigenvalue weighted by Gasteiger charge is -2.26. The fraction of sp³-hybridized carbons (Fsp3) is 0.0476. The summed E-state index contributed by atoms with van der Waals surface area (Å²) in [5, 5.41) is 25.9. The molecule has 0 bridgehead atoms. The SMILES string of the molecule is Cc1ccc(-c2nnc(-c3ccc(-c4ccc(N(c5ccc(-c6ccc(-c7nnc(-c8ccc(C)cc8)o7)cc6)cc5)c5ccc(-c6ccc(-c7nnc(-c8ccc(C)cc8)o7)cc6)cc5)cc4)cc3)o2)cc1. The van der Waals surface area contributed by atoms with E-state index in [1.807, 2.05) is 109 Å². The van der Waals surface area contributed by atoms with Crippen molar-refractivity contribution in [2.24, 2.45) is 0 Å². The first kappa shape index (κ1) is 44.4. The Morgan fingerprint density at radius 3 is 0.548 bits per heavy atom. The van der Waals surface area contributed by atoms with E-state index in [-0.39, 0.29) is 0 Å². The number of hydrogen-bond donors (Lipinski definition) is 0. The first-order valence-electron chi connectivity index (χ1n) is 24.0. The summed E-state index contributed by atoms with van der Waals surface area (Å²) < 4.78 is 18.2. The normalized spacial score (nSPS) is 11.2. The number of rotatable bonds is 12. The van der Waals surface area contributed by atoms with Gasteiger partial charge >= 0.3 is 0 Å². The van der Waals surface area contributed by atoms with Crippen LogP contribution in [0.3, 0.4) is 0 Å². The standard InChI is InChI=1S/C63H45N7O3/c1-40-4-10-49(11-5-40)58-64-67-61(71-58)52-22-16-43(17-23-52)46-28-34-55(35-29-46)70(56-36-30-47(31-37-56)44-18-24-53(25-19-44)62-68-65-59(72-62)50-12-6-41(2)7-13-50)57-38-32-48(33-39-57)45-20-26-54(27-21-45)63-69-66-60(73-63)51-14-8-42(3)9-15-51/h4-39H,1-3H3. The minimum absolute atomic E-state index is 0.479. The van der Waals surface area contributed by atoms with E-state index in [0.29, 0.717) is 35.3 Å². The van der Waals surface area contributed by atoms with E-state index in [9.17, 15) is 0 Å². The lowest BCUT2D eigenvalue weighted by molar-refractivity contribution is 0.584. The van der Waals surface area contributed by atoms with Crippen molar-refractivity contribution in [3.8, 4) is 102 Å². The Bertz CT molecular complexity index is 3400. The topological polar surface area (TPSA) is 120 Å². The molecule has 12 rings (SSSR count). The number of anilines is 3. The van der Waals surface area contributed by atoms with E-state index < -0.39 is 0 Å². The summed E-state index contributed by atoms with van der Waals surface area (Å²) >= 11 is 0. The van der Waals surface area contributed by atoms with Gasteiger partial charge in [0.1, 0.15) is 0 Å². The van der Waals surface area contributed by atoms with Gasteiger partial charge in [-0.15, -0.1) is 30.6 Å². The Hall–Kier alpha value is -9.80. The summed E-state index contributed by atoms with van der Waals surface area (Å²) in [6.45, 7) is 6.16. The van der Waals surface area contributed by atoms with Crippen LogP contribution in [0.15, 0.2) is 232 Å². The van der Waals surface area contributed by atoms with Crippen LogP contribution in [-0.4, -0.2) is 30.6 Å². The summed E-state index contributed by atoms with van der Waals surface area (Å²) in [6.07, 6.45) is 0. The minimum Gasteiger partial charge on any atom is -0.416 e. The largest absolute Gasteiger partial charge is 0.416 e. The zero-order valence-corrected chi connectivity index (χ0v) is 40.1. The van der Waals surface area contributed by atoms with Crippen LogP contribution in [0.25, 0.3) is 102 Å². The molecule has 0 aliphatic heterocycles. The fourth-order valence-electron chi connectivity index (χ4n) is 8.73. The zero-order valence-electron chi connectivity index (χ0n) is 40.1. The third kappa shape index (κ3) is 9.36. The molecule has 3 aromatic heterocycles. The van der Waals surface area contributed by atoms with Crippen LogP contribution in [0.1, 0.15) is 16.7 Å². The molecule has 3 heterocycles. The van der Waals surface area contributed by atoms with Crippen molar-refractivity contribution in [3.05, 3.63) is 235 Å². The summed E-state index contributed by atoms with van der Waals surface area (Å²) in [6, 6.07) is 74.8. The molecule has 10 heteroatoms. The average molecular weight is 948 g/mol. The lowest BCUT2D eigenvalue weighted by Crippen LogP contribution is -2.09. The van der Waals surface area contributed by atoms with Gasteiger partial charge in [0.05, 0.1) is 0 Å². The highest BCUT2D eigenvalue weighted by Crippen LogP contribution is 2.39. The van der Waals surface area contributed by atoms with Crippen molar-refractivity contribution in [2.45, 2.75) is 20.8 Å². The highest BCUT2D eigenvalue weighted by atomic mass is 16.4. The first-order chi connectivity index (χ1) is 35.8. The molecule has 0 saturated heterocycles. The molecule has 0 aliphatic rings. The molecule has 10 nitrogen and oxygen atoms in total. The zero-order chi connectivity index (χ0) is 49.3. The van der Waals surface area contributed by atoms with E-state index in [2.05, 4.69) is 165 Å². The third-order valence-electron chi connectivity index (χ3n) is 12.9. The van der Waals surface area contributed by atoms with Gasteiger partial charge in [-0.2, -0.15) is 0 Å². The number of benzene rings is 9. The van der Waals surface area contributed by atoms with Crippen LogP contribution in [-0.2, 0) is 0 Å². The predicted molar refractivity (Wildman–Crippen MR) is 288 cm³/mol. The second-order valence-electron chi connectivity index (χ2n) is 18.0. The Morgan fingerprint density at radius 2 is 0.356 bits per heavy atom. The van der Waals surface area contributed by atoms with Gasteiger partial charge in [0.25, 0.3) is 0 Å². The summed E-state index contributed by atoms with van der Waals surface area (Å²) in [4.78, 5) is 2.27. The third-order valence-corrected chi connectivity index (χ3v) is 12.9. The monoisotopic (exact) mass is 947 g/mol. The van der Waals surface area contributed by atoms with Crippen LogP contribution in [0.4, 0.5) is 17.1 Å². The molecular formula is C63H45N7O3. The maximum atomic E-state index is 6.06. The molecular weight excluding hydrogens is 903 g/mol. The van der Waals surface area contributed by atoms with Crippen LogP contribution in [0.2, 0.25) is 0 Å². The maximum absolute atomic E-state index is 6.06. The second-order valence-corrected chi connectivity index (χ2v) is 18.0. The number of nitrogens with zero attached hydrogens (tertiary/aromatic N) is 7. The molecule has 0 amide bonds. The average Bonchev–Trinajstić information content (AvgIpc) is 4.26. The van der Waals surface area contributed by atoms with E-state index in [0.717, 1.165) is 83.8 Å². The Labute approximate surface area is 422 Å². The lowest BCUT2D eigenvalue weighted by atomic mass is 10.0. The van der Waals surface area contributed by atoms with Crippen LogP contribution in [0.5, 0.6) is 0 Å². The molecule has 0 fully saturated rings. The highest BCUT2D eigenvalue weighted by molar-refractivity contribution is 5.82. The number of aromatic nitrogens is 6. The predicted octanol–water partition coefficient (Wildman–Crippen LogP) is 16.2. The smallest absolute Gasteiger partial charge is 0.248 e. The van der Waals surface area contributed by atoms with Crippen molar-refractivity contribution in [3.63, 3.8) is 0 Å². The number of hydrogen-bond acceptors (Lipinski definition) is 10. The van der Waals surface area contributed by atoms with E-state index >= 15 is 0 Å². The molecule has 0 aliphatic carbocycles. The Morgan fingerprint density at radius 1 is 0.205 bits per heavy atom. The molecule has 0 radical (unpaired) electrons. The van der Waals surface area contributed by atoms with Crippen molar-refractivity contribution >= 4 is 17.1 Å². The van der Waals surface area contributed by atoms with Gasteiger partial charge in [0.15, 0.2) is 0 Å². The van der Waals surface area contributed by atoms with Gasteiger partial charge < -0.3 is 18.2 Å². The molecule has 0 unspecified atom stereocenters. The van der Waals surface area contributed by atoms with Crippen LogP contribution in [0, 0.1) is 20.8 Å². The maximum Gasteiger partial charge on any atom is 0.248 e. The molecule has 73 heavy (non-hydrogen) atoms. The Kier molecular flexibility index (Phi) is 11.7. The van der Waals surface area contributed by atoms with Gasteiger partial charge in [-0.05, 0) is 163 Å². The molecule has 9 aromatic carbocycles. The second kappa shape index (κ2) is 19.2. The minimum atomic E-state index is 0.479. The highest BCUT2D eigenvalue weighted by Gasteiger charge is 2.17. The summed E-state index contributed by atoms with van der Waals surface area (Å²) in [7, 11) is 0. The van der Waals surface area contributed by atoms with Crippen molar-refractivity contribution in [1.82, 2.24) is 30.6 Å². The Balaban J connectivity index is 0.804. The van der Waals surface area contributed by atoms with Gasteiger partial charge in [-0.3, -0.25) is 0 Å². The molecule has 0 atom stereocenters. The fourth-order valence-corrected chi connectivity index (χ4v) is 8.73. The first-order valence-corrected chi connectivity index (χ1v) is 24.0. The molecule has 0 spiro atoms. The molecule has 350 valence electrons. The van der Waals surface area contributed by atoms with Crippen molar-refractivity contribution < 1.29 is 13.3 Å². The van der Waals surface area contributed by atoms with E-state index in [1.54, 1.807) is 0 Å². The quantitative estimate of drug-likeness (QED) is 0.117. The van der Waals surface area contributed by atoms with E-state index in [1.165, 1.54) is 16.7 Å². The number of aryl methyl sites for hydroxylation is 3. The van der Waals surface area contributed by atoms with Gasteiger partial charge in [-0.25, -0.2) is 0 Å². The van der Waals surface area contributed by atoms with E-state index in [4.69, 9.17) is 13.3 Å². The summed E-state index contributed by atoms with van der Waals surface area (Å²) in [5.74, 6) is 2.92. The van der Waals surface area contributed by atoms with Gasteiger partial charge in [0.2, 0.25) is 35.3 Å². The summed E-state index contributed by atoms with van der Waals surface area (Å²) in [5.41, 5.74) is 18.3. The van der Waals surface area contributed by atoms with Crippen molar-refractivity contribution in [1.29, 1.82) is 0 Å². The van der Waals surface area contributed by atoms with Gasteiger partial charge in [0, 0.05) is 50.4 Å². The van der Waals surface area contributed by atoms with Crippen molar-refractivity contribution in [2.75, 3.05) is 4.90 Å². The van der Waals surface area contributed by atoms with Crippen LogP contribution < -0.4 is 4.90 Å². The molecule has 0 N–H and O–H groups in total. The molecule has 12 aromatic rings.